The third-order valence-electron chi connectivity index (χ3n) is 3.68. The molecule has 5 nitrogen and oxygen atoms in total. The molecule has 1 aliphatic rings. The Hall–Kier alpha value is -1.40. The van der Waals surface area contributed by atoms with Crippen molar-refractivity contribution in [2.75, 3.05) is 25.5 Å². The minimum Gasteiger partial charge on any atom is -0.354 e. The second kappa shape index (κ2) is 5.93. The third-order valence-corrected chi connectivity index (χ3v) is 4.84. The van der Waals surface area contributed by atoms with Crippen molar-refractivity contribution in [3.8, 4) is 0 Å². The Kier molecular flexibility index (Phi) is 4.03. The van der Waals surface area contributed by atoms with Crippen LogP contribution >= 0.6 is 11.3 Å². The van der Waals surface area contributed by atoms with Gasteiger partial charge in [-0.2, -0.15) is 0 Å². The Balaban J connectivity index is 1.53. The number of fused-ring (bicyclic) bond motifs is 1. The lowest BCUT2D eigenvalue weighted by molar-refractivity contribution is 0.423. The summed E-state index contributed by atoms with van der Waals surface area (Å²) in [6.07, 6.45) is 8.46. The Labute approximate surface area is 123 Å². The smallest absolute Gasteiger partial charge is 0.185 e. The number of hydrogen-bond donors (Lipinski definition) is 1. The summed E-state index contributed by atoms with van der Waals surface area (Å²) in [5.41, 5.74) is 0. The molecular formula is C14H21N5S. The lowest BCUT2D eigenvalue weighted by Gasteiger charge is -2.23. The number of anilines is 1. The molecule has 0 aromatic carbocycles. The van der Waals surface area contributed by atoms with Crippen molar-refractivity contribution in [1.82, 2.24) is 19.9 Å². The van der Waals surface area contributed by atoms with Crippen LogP contribution in [0.3, 0.4) is 0 Å². The molecule has 0 aliphatic carbocycles. The predicted octanol–water partition coefficient (Wildman–Crippen LogP) is 2.07. The number of rotatable bonds is 5. The van der Waals surface area contributed by atoms with Crippen LogP contribution in [0.15, 0.2) is 18.6 Å². The quantitative estimate of drug-likeness (QED) is 0.916. The van der Waals surface area contributed by atoms with Gasteiger partial charge in [0.05, 0.1) is 0 Å². The van der Waals surface area contributed by atoms with Crippen LogP contribution in [0, 0.1) is 0 Å². The fourth-order valence-corrected chi connectivity index (χ4v) is 3.46. The molecule has 0 saturated carbocycles. The van der Waals surface area contributed by atoms with Gasteiger partial charge in [0.15, 0.2) is 5.13 Å². The number of nitrogens with zero attached hydrogens (tertiary/aromatic N) is 4. The normalized spacial score (nSPS) is 18.0. The summed E-state index contributed by atoms with van der Waals surface area (Å²) in [7, 11) is 4.05. The zero-order valence-corrected chi connectivity index (χ0v) is 12.9. The van der Waals surface area contributed by atoms with E-state index in [1.165, 1.54) is 23.5 Å². The highest BCUT2D eigenvalue weighted by atomic mass is 32.1. The van der Waals surface area contributed by atoms with E-state index in [1.807, 2.05) is 31.4 Å². The average Bonchev–Trinajstić information content (AvgIpc) is 3.07. The molecule has 3 rings (SSSR count). The summed E-state index contributed by atoms with van der Waals surface area (Å²) >= 11 is 1.75. The first-order valence-corrected chi connectivity index (χ1v) is 7.89. The highest BCUT2D eigenvalue weighted by molar-refractivity contribution is 7.15. The molecule has 1 N–H and O–H groups in total. The summed E-state index contributed by atoms with van der Waals surface area (Å²) in [6.45, 7) is 3.00. The highest BCUT2D eigenvalue weighted by Crippen LogP contribution is 2.25. The molecular weight excluding hydrogens is 270 g/mol. The molecule has 108 valence electrons. The van der Waals surface area contributed by atoms with Gasteiger partial charge in [0, 0.05) is 63.1 Å². The molecule has 20 heavy (non-hydrogen) atoms. The fraction of sp³-hybridized carbons (Fsp3) is 0.571. The monoisotopic (exact) mass is 291 g/mol. The Morgan fingerprint density at radius 3 is 3.15 bits per heavy atom. The molecule has 2 aromatic rings. The van der Waals surface area contributed by atoms with E-state index in [0.717, 1.165) is 24.8 Å². The Morgan fingerprint density at radius 1 is 1.45 bits per heavy atom. The first kappa shape index (κ1) is 13.6. The number of aryl methyl sites for hydroxylation is 1. The molecule has 6 heteroatoms. The molecule has 0 saturated heterocycles. The summed E-state index contributed by atoms with van der Waals surface area (Å²) in [6, 6.07) is 0. The largest absolute Gasteiger partial charge is 0.354 e. The van der Waals surface area contributed by atoms with Crippen LogP contribution in [0.4, 0.5) is 5.13 Å². The van der Waals surface area contributed by atoms with Gasteiger partial charge in [0.25, 0.3) is 0 Å². The van der Waals surface area contributed by atoms with E-state index < -0.39 is 0 Å². The summed E-state index contributed by atoms with van der Waals surface area (Å²) < 4.78 is 2.28. The van der Waals surface area contributed by atoms with Gasteiger partial charge in [0.2, 0.25) is 0 Å². The van der Waals surface area contributed by atoms with Crippen LogP contribution in [0.2, 0.25) is 0 Å². The van der Waals surface area contributed by atoms with E-state index in [4.69, 9.17) is 0 Å². The maximum atomic E-state index is 4.50. The molecule has 0 spiro atoms. The minimum absolute atomic E-state index is 0.542. The number of imidazole rings is 1. The van der Waals surface area contributed by atoms with Gasteiger partial charge >= 0.3 is 0 Å². The van der Waals surface area contributed by atoms with Crippen molar-refractivity contribution < 1.29 is 0 Å². The molecule has 3 heterocycles. The van der Waals surface area contributed by atoms with Crippen molar-refractivity contribution in [1.29, 1.82) is 0 Å². The van der Waals surface area contributed by atoms with Gasteiger partial charge in [-0.1, -0.05) is 0 Å². The molecule has 0 bridgehead atoms. The molecule has 2 aromatic heterocycles. The number of hydrogen-bond acceptors (Lipinski definition) is 5. The van der Waals surface area contributed by atoms with Crippen LogP contribution in [-0.2, 0) is 13.1 Å². The third kappa shape index (κ3) is 2.86. The molecule has 0 radical (unpaired) electrons. The molecule has 1 aliphatic heterocycles. The van der Waals surface area contributed by atoms with Gasteiger partial charge in [0.1, 0.15) is 5.82 Å². The van der Waals surface area contributed by atoms with Crippen molar-refractivity contribution in [2.24, 2.45) is 0 Å². The second-order valence-electron chi connectivity index (χ2n) is 5.45. The maximum Gasteiger partial charge on any atom is 0.185 e. The molecule has 0 amide bonds. The van der Waals surface area contributed by atoms with Crippen LogP contribution in [-0.4, -0.2) is 35.2 Å². The van der Waals surface area contributed by atoms with Crippen molar-refractivity contribution in [2.45, 2.75) is 31.8 Å². The summed E-state index contributed by atoms with van der Waals surface area (Å²) in [5.74, 6) is 1.78. The van der Waals surface area contributed by atoms with Crippen molar-refractivity contribution in [3.63, 3.8) is 0 Å². The van der Waals surface area contributed by atoms with E-state index in [0.29, 0.717) is 5.92 Å². The number of thiazole rings is 1. The summed E-state index contributed by atoms with van der Waals surface area (Å²) in [5, 5.41) is 4.62. The van der Waals surface area contributed by atoms with E-state index in [2.05, 4.69) is 26.0 Å². The van der Waals surface area contributed by atoms with Crippen molar-refractivity contribution >= 4 is 16.5 Å². The van der Waals surface area contributed by atoms with Crippen LogP contribution < -0.4 is 10.2 Å². The van der Waals surface area contributed by atoms with Gasteiger partial charge < -0.3 is 14.8 Å². The SMILES string of the molecule is CN(C)c1ncc(CNC[C@H]2CCCn3ccnc32)s1. The van der Waals surface area contributed by atoms with Crippen LogP contribution in [0.5, 0.6) is 0 Å². The maximum absolute atomic E-state index is 4.50. The zero-order chi connectivity index (χ0) is 13.9. The topological polar surface area (TPSA) is 46.0 Å². The lowest BCUT2D eigenvalue weighted by atomic mass is 9.99. The zero-order valence-electron chi connectivity index (χ0n) is 12.0. The van der Waals surface area contributed by atoms with E-state index in [9.17, 15) is 0 Å². The standard InChI is InChI=1S/C14H21N5S/c1-18(2)14-17-10-12(20-14)9-15-8-11-4-3-6-19-7-5-16-13(11)19/h5,7,10-11,15H,3-4,6,8-9H2,1-2H3/t11-/m1/s1. The lowest BCUT2D eigenvalue weighted by Crippen LogP contribution is -2.26. The Morgan fingerprint density at radius 2 is 2.35 bits per heavy atom. The van der Waals surface area contributed by atoms with Crippen LogP contribution in [0.1, 0.15) is 29.5 Å². The second-order valence-corrected chi connectivity index (χ2v) is 6.55. The van der Waals surface area contributed by atoms with E-state index >= 15 is 0 Å². The number of aromatic nitrogens is 3. The van der Waals surface area contributed by atoms with Gasteiger partial charge in [-0.25, -0.2) is 9.97 Å². The highest BCUT2D eigenvalue weighted by Gasteiger charge is 2.20. The first-order chi connectivity index (χ1) is 9.74. The van der Waals surface area contributed by atoms with Crippen molar-refractivity contribution in [3.05, 3.63) is 29.3 Å². The van der Waals surface area contributed by atoms with Crippen LogP contribution in [0.25, 0.3) is 0 Å². The molecule has 0 fully saturated rings. The first-order valence-electron chi connectivity index (χ1n) is 7.08. The molecule has 1 atom stereocenters. The summed E-state index contributed by atoms with van der Waals surface area (Å²) in [4.78, 5) is 12.2. The van der Waals surface area contributed by atoms with Gasteiger partial charge in [-0.05, 0) is 12.8 Å². The number of nitrogens with one attached hydrogen (secondary N) is 1. The minimum atomic E-state index is 0.542. The Bertz CT molecular complexity index is 559. The van der Waals surface area contributed by atoms with Gasteiger partial charge in [-0.15, -0.1) is 11.3 Å². The average molecular weight is 291 g/mol. The predicted molar refractivity (Wildman–Crippen MR) is 82.3 cm³/mol. The van der Waals surface area contributed by atoms with Gasteiger partial charge in [-0.3, -0.25) is 0 Å². The fourth-order valence-electron chi connectivity index (χ4n) is 2.66. The van der Waals surface area contributed by atoms with E-state index in [-0.39, 0.29) is 0 Å². The molecule has 0 unspecified atom stereocenters. The van der Waals surface area contributed by atoms with E-state index in [1.54, 1.807) is 11.3 Å².